The van der Waals surface area contributed by atoms with E-state index in [0.717, 1.165) is 21.7 Å². The van der Waals surface area contributed by atoms with E-state index in [2.05, 4.69) is 10.6 Å². The van der Waals surface area contributed by atoms with E-state index in [4.69, 9.17) is 4.74 Å². The number of amides is 2. The van der Waals surface area contributed by atoms with E-state index in [1.165, 1.54) is 0 Å². The molecule has 0 aliphatic heterocycles. The molecule has 6 heteroatoms. The number of ether oxygens (including phenoxy) is 1. The van der Waals surface area contributed by atoms with Crippen molar-refractivity contribution in [1.82, 2.24) is 0 Å². The Balaban J connectivity index is 1.87. The van der Waals surface area contributed by atoms with Gasteiger partial charge in [0.15, 0.2) is 13.1 Å². The van der Waals surface area contributed by atoms with Gasteiger partial charge < -0.3 is 20.3 Å². The lowest BCUT2D eigenvalue weighted by Gasteiger charge is -2.15. The van der Waals surface area contributed by atoms with E-state index in [9.17, 15) is 9.59 Å². The van der Waals surface area contributed by atoms with Crippen molar-refractivity contribution in [2.75, 3.05) is 37.9 Å². The van der Waals surface area contributed by atoms with Gasteiger partial charge in [-0.05, 0) is 43.2 Å². The van der Waals surface area contributed by atoms with Crippen LogP contribution < -0.4 is 20.3 Å². The SMILES string of the molecule is COc1ccccc1NC(=O)C[NH+](C)CC(=O)Nc1cccc(C)c1C. The zero-order valence-corrected chi connectivity index (χ0v) is 15.7. The van der Waals surface area contributed by atoms with Gasteiger partial charge in [0.05, 0.1) is 19.8 Å². The number of aryl methyl sites for hydroxylation is 1. The van der Waals surface area contributed by atoms with Gasteiger partial charge in [-0.25, -0.2) is 0 Å². The molecule has 0 heterocycles. The molecule has 1 atom stereocenters. The van der Waals surface area contributed by atoms with E-state index >= 15 is 0 Å². The number of nitrogens with one attached hydrogen (secondary N) is 3. The number of quaternary nitrogens is 1. The molecule has 0 saturated carbocycles. The minimum atomic E-state index is -0.175. The molecule has 0 fully saturated rings. The summed E-state index contributed by atoms with van der Waals surface area (Å²) >= 11 is 0. The topological polar surface area (TPSA) is 71.9 Å². The summed E-state index contributed by atoms with van der Waals surface area (Å²) in [5.74, 6) is 0.305. The number of rotatable bonds is 7. The second-order valence-corrected chi connectivity index (χ2v) is 6.35. The summed E-state index contributed by atoms with van der Waals surface area (Å²) in [5.41, 5.74) is 3.60. The van der Waals surface area contributed by atoms with Gasteiger partial charge in [-0.1, -0.05) is 24.3 Å². The lowest BCUT2D eigenvalue weighted by Crippen LogP contribution is -3.11. The van der Waals surface area contributed by atoms with Crippen LogP contribution in [0.25, 0.3) is 0 Å². The van der Waals surface area contributed by atoms with Crippen LogP contribution in [0.4, 0.5) is 11.4 Å². The standard InChI is InChI=1S/C20H25N3O3/c1-14-8-7-10-16(15(14)2)21-19(24)12-23(3)13-20(25)22-17-9-5-6-11-18(17)26-4/h5-11H,12-13H2,1-4H3,(H,21,24)(H,22,25)/p+1. The number of carbonyl (C=O) groups excluding carboxylic acids is 2. The fraction of sp³-hybridized carbons (Fsp3) is 0.300. The van der Waals surface area contributed by atoms with Crippen LogP contribution in [0.5, 0.6) is 5.75 Å². The summed E-state index contributed by atoms with van der Waals surface area (Å²) in [5, 5.41) is 5.73. The first kappa shape index (κ1) is 19.5. The van der Waals surface area contributed by atoms with Crippen LogP contribution in [0, 0.1) is 13.8 Å². The van der Waals surface area contributed by atoms with Crippen molar-refractivity contribution in [3.8, 4) is 5.75 Å². The van der Waals surface area contributed by atoms with Crippen LogP contribution in [-0.2, 0) is 9.59 Å². The summed E-state index contributed by atoms with van der Waals surface area (Å²) in [6.07, 6.45) is 0. The number of likely N-dealkylation sites (N-methyl/N-ethyl adjacent to an activating group) is 1. The number of hydrogen-bond acceptors (Lipinski definition) is 3. The van der Waals surface area contributed by atoms with E-state index in [1.54, 1.807) is 19.2 Å². The van der Waals surface area contributed by atoms with Gasteiger partial charge >= 0.3 is 0 Å². The van der Waals surface area contributed by atoms with Crippen LogP contribution in [0.3, 0.4) is 0 Å². The average Bonchev–Trinajstić information content (AvgIpc) is 2.59. The van der Waals surface area contributed by atoms with Crippen LogP contribution >= 0.6 is 0 Å². The second-order valence-electron chi connectivity index (χ2n) is 6.35. The number of anilines is 2. The van der Waals surface area contributed by atoms with E-state index in [1.807, 2.05) is 51.2 Å². The lowest BCUT2D eigenvalue weighted by atomic mass is 10.1. The highest BCUT2D eigenvalue weighted by molar-refractivity contribution is 5.94. The van der Waals surface area contributed by atoms with Crippen molar-refractivity contribution in [2.24, 2.45) is 0 Å². The first-order valence-electron chi connectivity index (χ1n) is 8.51. The first-order chi connectivity index (χ1) is 12.4. The Morgan fingerprint density at radius 3 is 2.15 bits per heavy atom. The molecule has 138 valence electrons. The Bertz CT molecular complexity index is 790. The van der Waals surface area contributed by atoms with Crippen molar-refractivity contribution in [3.05, 3.63) is 53.6 Å². The maximum absolute atomic E-state index is 12.2. The number of para-hydroxylation sites is 2. The number of methoxy groups -OCH3 is 1. The van der Waals surface area contributed by atoms with Gasteiger partial charge in [-0.3, -0.25) is 9.59 Å². The molecule has 0 spiro atoms. The third kappa shape index (κ3) is 5.32. The molecular weight excluding hydrogens is 330 g/mol. The van der Waals surface area contributed by atoms with Gasteiger partial charge in [-0.2, -0.15) is 0 Å². The summed E-state index contributed by atoms with van der Waals surface area (Å²) in [6.45, 7) is 4.36. The van der Waals surface area contributed by atoms with Gasteiger partial charge in [0.1, 0.15) is 5.75 Å². The van der Waals surface area contributed by atoms with Crippen molar-refractivity contribution in [2.45, 2.75) is 13.8 Å². The fourth-order valence-corrected chi connectivity index (χ4v) is 2.63. The Labute approximate surface area is 154 Å². The molecule has 0 bridgehead atoms. The number of hydrogen-bond donors (Lipinski definition) is 3. The van der Waals surface area contributed by atoms with E-state index in [0.29, 0.717) is 11.4 Å². The molecule has 2 rings (SSSR count). The van der Waals surface area contributed by atoms with Crippen LogP contribution in [0.1, 0.15) is 11.1 Å². The summed E-state index contributed by atoms with van der Waals surface area (Å²) in [4.78, 5) is 25.2. The highest BCUT2D eigenvalue weighted by Crippen LogP contribution is 2.22. The summed E-state index contributed by atoms with van der Waals surface area (Å²) in [7, 11) is 3.37. The van der Waals surface area contributed by atoms with Crippen LogP contribution in [-0.4, -0.2) is 39.1 Å². The maximum Gasteiger partial charge on any atom is 0.279 e. The predicted molar refractivity (Wildman–Crippen MR) is 103 cm³/mol. The predicted octanol–water partition coefficient (Wildman–Crippen LogP) is 1.40. The minimum absolute atomic E-state index is 0.124. The molecular formula is C20H26N3O3+. The van der Waals surface area contributed by atoms with Crippen molar-refractivity contribution in [3.63, 3.8) is 0 Å². The molecule has 26 heavy (non-hydrogen) atoms. The van der Waals surface area contributed by atoms with Crippen LogP contribution in [0.15, 0.2) is 42.5 Å². The Hall–Kier alpha value is -2.86. The molecule has 0 aliphatic carbocycles. The highest BCUT2D eigenvalue weighted by Gasteiger charge is 2.16. The quantitative estimate of drug-likeness (QED) is 0.702. The largest absolute Gasteiger partial charge is 0.495 e. The third-order valence-electron chi connectivity index (χ3n) is 4.18. The molecule has 2 amide bonds. The smallest absolute Gasteiger partial charge is 0.279 e. The van der Waals surface area contributed by atoms with Gasteiger partial charge in [0, 0.05) is 5.69 Å². The molecule has 0 radical (unpaired) electrons. The molecule has 0 aliphatic rings. The number of benzene rings is 2. The monoisotopic (exact) mass is 356 g/mol. The molecule has 1 unspecified atom stereocenters. The molecule has 0 aromatic heterocycles. The zero-order valence-electron chi connectivity index (χ0n) is 15.7. The van der Waals surface area contributed by atoms with Gasteiger partial charge in [-0.15, -0.1) is 0 Å². The minimum Gasteiger partial charge on any atom is -0.495 e. The average molecular weight is 356 g/mol. The lowest BCUT2D eigenvalue weighted by molar-refractivity contribution is -0.862. The summed E-state index contributed by atoms with van der Waals surface area (Å²) < 4.78 is 5.22. The fourth-order valence-electron chi connectivity index (χ4n) is 2.63. The van der Waals surface area contributed by atoms with E-state index in [-0.39, 0.29) is 24.9 Å². The van der Waals surface area contributed by atoms with E-state index < -0.39 is 0 Å². The van der Waals surface area contributed by atoms with Crippen molar-refractivity contribution < 1.29 is 19.2 Å². The normalized spacial score (nSPS) is 11.5. The van der Waals surface area contributed by atoms with Crippen LogP contribution in [0.2, 0.25) is 0 Å². The molecule has 6 nitrogen and oxygen atoms in total. The van der Waals surface area contributed by atoms with Gasteiger partial charge in [0.2, 0.25) is 0 Å². The molecule has 0 saturated heterocycles. The van der Waals surface area contributed by atoms with Crippen molar-refractivity contribution in [1.29, 1.82) is 0 Å². The van der Waals surface area contributed by atoms with Crippen molar-refractivity contribution >= 4 is 23.2 Å². The Morgan fingerprint density at radius 2 is 1.50 bits per heavy atom. The second kappa shape index (κ2) is 9.01. The highest BCUT2D eigenvalue weighted by atomic mass is 16.5. The maximum atomic E-state index is 12.2. The zero-order chi connectivity index (χ0) is 19.1. The first-order valence-corrected chi connectivity index (χ1v) is 8.51. The molecule has 3 N–H and O–H groups in total. The number of carbonyl (C=O) groups is 2. The Morgan fingerprint density at radius 1 is 0.923 bits per heavy atom. The third-order valence-corrected chi connectivity index (χ3v) is 4.18. The molecule has 2 aromatic rings. The molecule has 2 aromatic carbocycles. The van der Waals surface area contributed by atoms with Gasteiger partial charge in [0.25, 0.3) is 11.8 Å². The Kier molecular flexibility index (Phi) is 6.74. The summed E-state index contributed by atoms with van der Waals surface area (Å²) in [6, 6.07) is 13.0.